The molecule has 0 aliphatic carbocycles. The maximum Gasteiger partial charge on any atom is 0.250 e. The van der Waals surface area contributed by atoms with Crippen molar-refractivity contribution in [3.63, 3.8) is 0 Å². The molecule has 10 nitrogen and oxygen atoms in total. The third kappa shape index (κ3) is 7.31. The molecular formula is C31H32FN7O3. The van der Waals surface area contributed by atoms with Crippen molar-refractivity contribution >= 4 is 40.8 Å². The number of fused-ring (bicyclic) bond motifs is 1. The summed E-state index contributed by atoms with van der Waals surface area (Å²) in [7, 11) is 2.13. The number of pyridine rings is 1. The molecule has 2 N–H and O–H groups in total. The van der Waals surface area contributed by atoms with E-state index in [0.29, 0.717) is 52.3 Å². The Bertz CT molecular complexity index is 1590. The second-order valence-corrected chi connectivity index (χ2v) is 9.98. The van der Waals surface area contributed by atoms with Crippen LogP contribution in [0.1, 0.15) is 12.0 Å². The smallest absolute Gasteiger partial charge is 0.250 e. The number of halogens is 1. The lowest BCUT2D eigenvalue weighted by atomic mass is 10.1. The number of piperazine rings is 1. The first-order valence-electron chi connectivity index (χ1n) is 13.7. The molecule has 0 bridgehead atoms. The lowest BCUT2D eigenvalue weighted by molar-refractivity contribution is -0.121. The van der Waals surface area contributed by atoms with Gasteiger partial charge in [0, 0.05) is 73.3 Å². The number of amides is 2. The van der Waals surface area contributed by atoms with E-state index >= 15 is 0 Å². The predicted octanol–water partition coefficient (Wildman–Crippen LogP) is 3.88. The van der Waals surface area contributed by atoms with E-state index in [1.165, 1.54) is 18.5 Å². The van der Waals surface area contributed by atoms with Gasteiger partial charge in [-0.15, -0.1) is 0 Å². The summed E-state index contributed by atoms with van der Waals surface area (Å²) in [4.78, 5) is 40.5. The van der Waals surface area contributed by atoms with E-state index in [1.54, 1.807) is 30.5 Å². The Balaban J connectivity index is 1.39. The molecule has 0 radical (unpaired) electrons. The molecule has 1 saturated heterocycles. The average Bonchev–Trinajstić information content (AvgIpc) is 3.00. The Hall–Kier alpha value is -4.74. The molecule has 4 aromatic rings. The molecule has 2 aromatic heterocycles. The molecule has 3 heterocycles. The molecule has 0 unspecified atom stereocenters. The van der Waals surface area contributed by atoms with E-state index in [4.69, 9.17) is 4.74 Å². The van der Waals surface area contributed by atoms with Crippen molar-refractivity contribution in [3.8, 4) is 17.0 Å². The van der Waals surface area contributed by atoms with Crippen LogP contribution in [0.15, 0.2) is 67.1 Å². The molecular weight excluding hydrogens is 537 g/mol. The molecule has 1 fully saturated rings. The van der Waals surface area contributed by atoms with Gasteiger partial charge in [-0.1, -0.05) is 12.1 Å². The monoisotopic (exact) mass is 569 g/mol. The van der Waals surface area contributed by atoms with E-state index in [0.717, 1.165) is 39.1 Å². The van der Waals surface area contributed by atoms with Crippen LogP contribution in [0.4, 0.5) is 15.9 Å². The van der Waals surface area contributed by atoms with Crippen LogP contribution >= 0.6 is 0 Å². The standard InChI is InChI=1S/C31H32FN7O3/c1-38-12-14-39(15-13-38)11-4-16-42-28-19-27-25(18-22(28)8-9-29(41)36-21-40)31(35-20-34-27)37-24-6-2-5-23(17-24)30-26(32)7-3-10-33-30/h2-3,5-10,17-21H,4,11-16H2,1H3,(H,34,35,37)(H,36,40,41). The van der Waals surface area contributed by atoms with Crippen molar-refractivity contribution in [2.24, 2.45) is 0 Å². The van der Waals surface area contributed by atoms with Crippen LogP contribution in [0.3, 0.4) is 0 Å². The summed E-state index contributed by atoms with van der Waals surface area (Å²) in [5.74, 6) is 0.126. The Morgan fingerprint density at radius 1 is 1.07 bits per heavy atom. The summed E-state index contributed by atoms with van der Waals surface area (Å²) in [5, 5.41) is 6.09. The van der Waals surface area contributed by atoms with Crippen LogP contribution in [-0.4, -0.2) is 83.4 Å². The van der Waals surface area contributed by atoms with Crippen LogP contribution in [0.25, 0.3) is 28.2 Å². The zero-order valence-electron chi connectivity index (χ0n) is 23.3. The first-order chi connectivity index (χ1) is 20.5. The van der Waals surface area contributed by atoms with E-state index in [2.05, 4.69) is 42.4 Å². The summed E-state index contributed by atoms with van der Waals surface area (Å²) in [5.41, 5.74) is 2.83. The summed E-state index contributed by atoms with van der Waals surface area (Å²) < 4.78 is 20.5. The zero-order chi connectivity index (χ0) is 29.3. The van der Waals surface area contributed by atoms with Gasteiger partial charge in [-0.3, -0.25) is 19.9 Å². The number of rotatable bonds is 11. The van der Waals surface area contributed by atoms with Gasteiger partial charge in [0.15, 0.2) is 0 Å². The first kappa shape index (κ1) is 28.8. The Morgan fingerprint density at radius 2 is 1.93 bits per heavy atom. The topological polar surface area (TPSA) is 113 Å². The van der Waals surface area contributed by atoms with E-state index in [-0.39, 0.29) is 5.69 Å². The molecule has 2 aromatic carbocycles. The molecule has 0 spiro atoms. The highest BCUT2D eigenvalue weighted by atomic mass is 19.1. The largest absolute Gasteiger partial charge is 0.493 e. The Labute approximate surface area is 243 Å². The number of imide groups is 1. The van der Waals surface area contributed by atoms with E-state index < -0.39 is 11.7 Å². The lowest BCUT2D eigenvalue weighted by Crippen LogP contribution is -2.44. The maximum atomic E-state index is 14.3. The first-order valence-corrected chi connectivity index (χ1v) is 13.7. The average molecular weight is 570 g/mol. The van der Waals surface area contributed by atoms with Gasteiger partial charge in [-0.2, -0.15) is 0 Å². The number of anilines is 2. The van der Waals surface area contributed by atoms with Gasteiger partial charge < -0.3 is 19.9 Å². The Morgan fingerprint density at radius 3 is 2.74 bits per heavy atom. The summed E-state index contributed by atoms with van der Waals surface area (Å²) >= 11 is 0. The fourth-order valence-electron chi connectivity index (χ4n) is 4.75. The molecule has 1 aliphatic rings. The summed E-state index contributed by atoms with van der Waals surface area (Å²) in [6.07, 6.45) is 7.05. The highest BCUT2D eigenvalue weighted by Gasteiger charge is 2.15. The van der Waals surface area contributed by atoms with E-state index in [1.807, 2.05) is 24.3 Å². The van der Waals surface area contributed by atoms with Gasteiger partial charge in [0.1, 0.15) is 29.4 Å². The molecule has 216 valence electrons. The van der Waals surface area contributed by atoms with Crippen molar-refractivity contribution in [2.75, 3.05) is 51.7 Å². The quantitative estimate of drug-likeness (QED) is 0.158. The number of hydrogen-bond acceptors (Lipinski definition) is 9. The second kappa shape index (κ2) is 13.7. The number of carbonyl (C=O) groups is 2. The molecule has 0 saturated carbocycles. The third-order valence-corrected chi connectivity index (χ3v) is 7.01. The summed E-state index contributed by atoms with van der Waals surface area (Å²) in [6.45, 7) is 5.63. The van der Waals surface area contributed by atoms with Gasteiger partial charge >= 0.3 is 0 Å². The minimum Gasteiger partial charge on any atom is -0.493 e. The highest BCUT2D eigenvalue weighted by molar-refractivity contribution is 5.99. The lowest BCUT2D eigenvalue weighted by Gasteiger charge is -2.32. The molecule has 11 heteroatoms. The fraction of sp³-hybridized carbons (Fsp3) is 0.258. The molecule has 2 amide bonds. The molecule has 0 atom stereocenters. The van der Waals surface area contributed by atoms with Crippen LogP contribution in [0, 0.1) is 5.82 Å². The minimum absolute atomic E-state index is 0.254. The van der Waals surface area contributed by atoms with Crippen LogP contribution < -0.4 is 15.4 Å². The normalized spacial score (nSPS) is 14.2. The van der Waals surface area contributed by atoms with Crippen molar-refractivity contribution in [1.82, 2.24) is 30.1 Å². The number of benzene rings is 2. The number of nitrogens with zero attached hydrogens (tertiary/aromatic N) is 5. The zero-order valence-corrected chi connectivity index (χ0v) is 23.3. The molecule has 1 aliphatic heterocycles. The maximum absolute atomic E-state index is 14.3. The van der Waals surface area contributed by atoms with Crippen molar-refractivity contribution < 1.29 is 18.7 Å². The van der Waals surface area contributed by atoms with Crippen LogP contribution in [0.2, 0.25) is 0 Å². The van der Waals surface area contributed by atoms with Gasteiger partial charge in [0.25, 0.3) is 0 Å². The predicted molar refractivity (Wildman–Crippen MR) is 160 cm³/mol. The van der Waals surface area contributed by atoms with Crippen molar-refractivity contribution in [3.05, 3.63) is 78.5 Å². The number of carbonyl (C=O) groups excluding carboxylic acids is 2. The minimum atomic E-state index is -0.549. The van der Waals surface area contributed by atoms with E-state index in [9.17, 15) is 14.0 Å². The van der Waals surface area contributed by atoms with Crippen LogP contribution in [0.5, 0.6) is 5.75 Å². The van der Waals surface area contributed by atoms with Gasteiger partial charge in [0.2, 0.25) is 12.3 Å². The fourth-order valence-corrected chi connectivity index (χ4v) is 4.75. The number of nitrogens with one attached hydrogen (secondary N) is 2. The number of likely N-dealkylation sites (N-methyl/N-ethyl adjacent to an activating group) is 1. The summed E-state index contributed by atoms with van der Waals surface area (Å²) in [6, 6.07) is 13.8. The van der Waals surface area contributed by atoms with Gasteiger partial charge in [0.05, 0.1) is 12.1 Å². The van der Waals surface area contributed by atoms with Crippen molar-refractivity contribution in [2.45, 2.75) is 6.42 Å². The van der Waals surface area contributed by atoms with Gasteiger partial charge in [-0.25, -0.2) is 14.4 Å². The van der Waals surface area contributed by atoms with Crippen LogP contribution in [-0.2, 0) is 9.59 Å². The van der Waals surface area contributed by atoms with Crippen molar-refractivity contribution in [1.29, 1.82) is 0 Å². The molecule has 5 rings (SSSR count). The number of hydrogen-bond donors (Lipinski definition) is 2. The number of aromatic nitrogens is 3. The SMILES string of the molecule is CN1CCN(CCCOc2cc3ncnc(Nc4cccc(-c5ncccc5F)c4)c3cc2C=CC(=O)NC=O)CC1. The third-order valence-electron chi connectivity index (χ3n) is 7.01. The molecule has 42 heavy (non-hydrogen) atoms. The number of ether oxygens (including phenoxy) is 1. The second-order valence-electron chi connectivity index (χ2n) is 9.98. The van der Waals surface area contributed by atoms with Gasteiger partial charge in [-0.05, 0) is 49.9 Å². The highest BCUT2D eigenvalue weighted by Crippen LogP contribution is 2.32. The Kier molecular flexibility index (Phi) is 9.42.